The molecule has 0 saturated carbocycles. The van der Waals surface area contributed by atoms with E-state index in [-0.39, 0.29) is 0 Å². The van der Waals surface area contributed by atoms with Crippen LogP contribution in [0.2, 0.25) is 0 Å². The number of rotatable bonds is 6. The van der Waals surface area contributed by atoms with Crippen LogP contribution in [-0.2, 0) is 11.3 Å². The molecular formula is C21H28BrN2O2+. The topological polar surface area (TPSA) is 41.5 Å². The van der Waals surface area contributed by atoms with Gasteiger partial charge in [0.2, 0.25) is 0 Å². The van der Waals surface area contributed by atoms with Crippen LogP contribution in [0.3, 0.4) is 0 Å². The van der Waals surface area contributed by atoms with Gasteiger partial charge in [-0.3, -0.25) is 0 Å². The summed E-state index contributed by atoms with van der Waals surface area (Å²) in [7, 11) is 4.60. The van der Waals surface area contributed by atoms with E-state index in [2.05, 4.69) is 53.5 Å². The molecule has 1 unspecified atom stereocenters. The molecule has 2 aromatic rings. The molecule has 3 rings (SSSR count). The van der Waals surface area contributed by atoms with Crippen LogP contribution < -0.4 is 5.32 Å². The summed E-state index contributed by atoms with van der Waals surface area (Å²) in [4.78, 5) is 0. The van der Waals surface area contributed by atoms with Gasteiger partial charge in [-0.25, -0.2) is 0 Å². The number of hydrogen-bond donors (Lipinski definition) is 2. The van der Waals surface area contributed by atoms with Crippen molar-refractivity contribution in [1.29, 1.82) is 0 Å². The van der Waals surface area contributed by atoms with E-state index in [1.807, 2.05) is 30.3 Å². The Morgan fingerprint density at radius 3 is 2.62 bits per heavy atom. The lowest BCUT2D eigenvalue weighted by atomic mass is 10.0. The van der Waals surface area contributed by atoms with Crippen molar-refractivity contribution in [2.75, 3.05) is 32.6 Å². The van der Waals surface area contributed by atoms with Crippen LogP contribution in [0.4, 0.5) is 5.69 Å². The summed E-state index contributed by atoms with van der Waals surface area (Å²) in [5.41, 5.74) is 3.04. The van der Waals surface area contributed by atoms with Gasteiger partial charge < -0.3 is 19.6 Å². The predicted molar refractivity (Wildman–Crippen MR) is 109 cm³/mol. The number of hydrogen-bond acceptors (Lipinski definition) is 3. The highest BCUT2D eigenvalue weighted by Gasteiger charge is 2.30. The van der Waals surface area contributed by atoms with E-state index in [1.165, 1.54) is 5.56 Å². The second kappa shape index (κ2) is 8.53. The molecule has 140 valence electrons. The molecule has 2 aromatic carbocycles. The second-order valence-corrected chi connectivity index (χ2v) is 8.50. The highest BCUT2D eigenvalue weighted by Crippen LogP contribution is 2.25. The monoisotopic (exact) mass is 419 g/mol. The lowest BCUT2D eigenvalue weighted by molar-refractivity contribution is -0.929. The maximum absolute atomic E-state index is 10.5. The van der Waals surface area contributed by atoms with Gasteiger partial charge in [0.15, 0.2) is 6.23 Å². The number of halogens is 1. The number of ether oxygens (including phenoxy) is 1. The number of quaternary nitrogens is 1. The molecule has 0 aliphatic carbocycles. The Morgan fingerprint density at radius 1 is 1.15 bits per heavy atom. The van der Waals surface area contributed by atoms with Crippen LogP contribution in [0, 0.1) is 0 Å². The van der Waals surface area contributed by atoms with Crippen molar-refractivity contribution < 1.29 is 14.3 Å². The van der Waals surface area contributed by atoms with E-state index in [4.69, 9.17) is 4.74 Å². The quantitative estimate of drug-likeness (QED) is 0.541. The minimum atomic E-state index is -0.735. The third-order valence-corrected chi connectivity index (χ3v) is 5.66. The van der Waals surface area contributed by atoms with E-state index in [0.717, 1.165) is 52.8 Å². The molecule has 26 heavy (non-hydrogen) atoms. The van der Waals surface area contributed by atoms with E-state index in [1.54, 1.807) is 0 Å². The normalized spacial score (nSPS) is 17.1. The first-order valence-corrected chi connectivity index (χ1v) is 9.93. The highest BCUT2D eigenvalue weighted by molar-refractivity contribution is 9.10. The summed E-state index contributed by atoms with van der Waals surface area (Å²) in [6, 6.07) is 16.7. The van der Waals surface area contributed by atoms with Crippen LogP contribution in [-0.4, -0.2) is 42.9 Å². The number of benzene rings is 2. The first kappa shape index (κ1) is 19.4. The van der Waals surface area contributed by atoms with Crippen molar-refractivity contribution in [1.82, 2.24) is 0 Å². The summed E-state index contributed by atoms with van der Waals surface area (Å²) in [6.07, 6.45) is 1.50. The van der Waals surface area contributed by atoms with Crippen LogP contribution >= 0.6 is 15.9 Å². The van der Waals surface area contributed by atoms with Gasteiger partial charge in [0.1, 0.15) is 6.54 Å². The zero-order valence-corrected chi connectivity index (χ0v) is 17.1. The Balaban J connectivity index is 1.67. The molecule has 2 N–H and O–H groups in total. The van der Waals surface area contributed by atoms with Crippen molar-refractivity contribution in [3.63, 3.8) is 0 Å². The third-order valence-electron chi connectivity index (χ3n) is 5.16. The van der Waals surface area contributed by atoms with Crippen molar-refractivity contribution in [2.45, 2.75) is 31.7 Å². The van der Waals surface area contributed by atoms with Crippen molar-refractivity contribution in [2.24, 2.45) is 0 Å². The van der Waals surface area contributed by atoms with Crippen LogP contribution in [0.25, 0.3) is 0 Å². The molecule has 1 saturated heterocycles. The number of aliphatic hydroxyl groups is 1. The average molecular weight is 420 g/mol. The molecule has 1 fully saturated rings. The Labute approximate surface area is 164 Å². The van der Waals surface area contributed by atoms with E-state index in [9.17, 15) is 5.11 Å². The zero-order chi connectivity index (χ0) is 18.6. The standard InChI is InChI=1S/C21H28BrN2O2/c1-24(2,20-9-11-26-12-10-20)15-16-5-3-8-19(13-16)23-21(25)17-6-4-7-18(22)14-17/h3-8,13-14,20-21,23,25H,9-12,15H2,1-2H3/q+1. The van der Waals surface area contributed by atoms with Gasteiger partial charge in [-0.15, -0.1) is 0 Å². The first-order valence-electron chi connectivity index (χ1n) is 9.13. The Bertz CT molecular complexity index is 729. The summed E-state index contributed by atoms with van der Waals surface area (Å²) in [6.45, 7) is 2.70. The van der Waals surface area contributed by atoms with E-state index < -0.39 is 6.23 Å². The molecule has 0 spiro atoms. The van der Waals surface area contributed by atoms with Gasteiger partial charge in [-0.2, -0.15) is 0 Å². The number of nitrogens with one attached hydrogen (secondary N) is 1. The number of aliphatic hydroxyl groups excluding tert-OH is 1. The molecule has 1 heterocycles. The fourth-order valence-corrected chi connectivity index (χ4v) is 4.08. The molecule has 1 atom stereocenters. The molecule has 0 bridgehead atoms. The van der Waals surface area contributed by atoms with Gasteiger partial charge in [0.05, 0.1) is 33.4 Å². The molecule has 5 heteroatoms. The van der Waals surface area contributed by atoms with Crippen LogP contribution in [0.15, 0.2) is 53.0 Å². The van der Waals surface area contributed by atoms with Crippen LogP contribution in [0.1, 0.15) is 30.2 Å². The average Bonchev–Trinajstić information content (AvgIpc) is 2.62. The maximum Gasteiger partial charge on any atom is 0.150 e. The van der Waals surface area contributed by atoms with E-state index in [0.29, 0.717) is 6.04 Å². The smallest absolute Gasteiger partial charge is 0.150 e. The van der Waals surface area contributed by atoms with Crippen molar-refractivity contribution in [3.8, 4) is 0 Å². The van der Waals surface area contributed by atoms with Gasteiger partial charge >= 0.3 is 0 Å². The maximum atomic E-state index is 10.5. The van der Waals surface area contributed by atoms with Gasteiger partial charge in [0.25, 0.3) is 0 Å². The lowest BCUT2D eigenvalue weighted by Gasteiger charge is -2.40. The molecule has 0 amide bonds. The summed E-state index contributed by atoms with van der Waals surface area (Å²) >= 11 is 3.45. The first-order chi connectivity index (χ1) is 12.4. The second-order valence-electron chi connectivity index (χ2n) is 7.58. The fourth-order valence-electron chi connectivity index (χ4n) is 3.66. The van der Waals surface area contributed by atoms with Gasteiger partial charge in [-0.05, 0) is 24.3 Å². The SMILES string of the molecule is C[N+](C)(Cc1cccc(NC(O)c2cccc(Br)c2)c1)C1CCOCC1. The predicted octanol–water partition coefficient (Wildman–Crippen LogP) is 4.31. The molecular weight excluding hydrogens is 392 g/mol. The third kappa shape index (κ3) is 5.07. The molecule has 4 nitrogen and oxygen atoms in total. The van der Waals surface area contributed by atoms with E-state index >= 15 is 0 Å². The molecule has 0 aromatic heterocycles. The number of nitrogens with zero attached hydrogens (tertiary/aromatic N) is 1. The highest BCUT2D eigenvalue weighted by atomic mass is 79.9. The lowest BCUT2D eigenvalue weighted by Crippen LogP contribution is -2.50. The molecule has 0 radical (unpaired) electrons. The van der Waals surface area contributed by atoms with Gasteiger partial charge in [-0.1, -0.05) is 40.2 Å². The van der Waals surface area contributed by atoms with Crippen molar-refractivity contribution >= 4 is 21.6 Å². The Morgan fingerprint density at radius 2 is 1.88 bits per heavy atom. The summed E-state index contributed by atoms with van der Waals surface area (Å²) in [5.74, 6) is 0. The number of anilines is 1. The summed E-state index contributed by atoms with van der Waals surface area (Å²) < 4.78 is 7.42. The fraction of sp³-hybridized carbons (Fsp3) is 0.429. The Kier molecular flexibility index (Phi) is 6.35. The van der Waals surface area contributed by atoms with Gasteiger partial charge in [0, 0.05) is 34.1 Å². The Hall–Kier alpha value is -1.40. The largest absolute Gasteiger partial charge is 0.381 e. The minimum absolute atomic E-state index is 0.632. The molecule has 1 aliphatic rings. The van der Waals surface area contributed by atoms with Crippen molar-refractivity contribution in [3.05, 3.63) is 64.1 Å². The zero-order valence-electron chi connectivity index (χ0n) is 15.5. The molecule has 1 aliphatic heterocycles. The summed E-state index contributed by atoms with van der Waals surface area (Å²) in [5, 5.41) is 13.7. The minimum Gasteiger partial charge on any atom is -0.381 e. The van der Waals surface area contributed by atoms with Crippen LogP contribution in [0.5, 0.6) is 0 Å².